The van der Waals surface area contributed by atoms with Crippen LogP contribution in [0.1, 0.15) is 20.7 Å². The van der Waals surface area contributed by atoms with Crippen molar-refractivity contribution in [3.05, 3.63) is 35.4 Å². The molecule has 17 heavy (non-hydrogen) atoms. The minimum Gasteiger partial charge on any atom is -0.478 e. The molecule has 0 saturated carbocycles. The average Bonchev–Trinajstić information content (AvgIpc) is 2.25. The molecule has 0 aliphatic rings. The van der Waals surface area contributed by atoms with Gasteiger partial charge < -0.3 is 10.4 Å². The van der Waals surface area contributed by atoms with Gasteiger partial charge in [-0.2, -0.15) is 8.42 Å². The van der Waals surface area contributed by atoms with Gasteiger partial charge in [0.15, 0.2) is 0 Å². The lowest BCUT2D eigenvalue weighted by molar-refractivity contribution is 0.0691. The molecule has 1 amide bonds. The standard InChI is InChI=1S/C9H9NO6S/c11-8(10-5-17(14,15)16)6-3-1-2-4-7(6)9(12)13/h1-4H,5H2,(H,10,11)(H,12,13)(H,14,15,16). The molecule has 0 bridgehead atoms. The van der Waals surface area contributed by atoms with E-state index in [-0.39, 0.29) is 11.1 Å². The summed E-state index contributed by atoms with van der Waals surface area (Å²) in [5, 5.41) is 10.7. The van der Waals surface area contributed by atoms with E-state index in [1.54, 1.807) is 0 Å². The van der Waals surface area contributed by atoms with Crippen LogP contribution >= 0.6 is 0 Å². The van der Waals surface area contributed by atoms with Crippen molar-refractivity contribution in [2.24, 2.45) is 0 Å². The summed E-state index contributed by atoms with van der Waals surface area (Å²) in [6, 6.07) is 5.32. The molecule has 8 heteroatoms. The number of rotatable bonds is 4. The Hall–Kier alpha value is -1.93. The van der Waals surface area contributed by atoms with Crippen molar-refractivity contribution in [3.63, 3.8) is 0 Å². The van der Waals surface area contributed by atoms with Crippen LogP contribution in [0.15, 0.2) is 24.3 Å². The van der Waals surface area contributed by atoms with Crippen LogP contribution in [0.5, 0.6) is 0 Å². The van der Waals surface area contributed by atoms with Crippen LogP contribution in [-0.4, -0.2) is 35.8 Å². The Bertz CT molecular complexity index is 550. The Morgan fingerprint density at radius 1 is 1.18 bits per heavy atom. The maximum atomic E-state index is 11.5. The van der Waals surface area contributed by atoms with Crippen LogP contribution in [0.3, 0.4) is 0 Å². The number of hydrogen-bond donors (Lipinski definition) is 3. The average molecular weight is 259 g/mol. The second kappa shape index (κ2) is 4.93. The number of carbonyl (C=O) groups excluding carboxylic acids is 1. The van der Waals surface area contributed by atoms with Gasteiger partial charge in [0.25, 0.3) is 16.0 Å². The normalized spacial score (nSPS) is 10.9. The van der Waals surface area contributed by atoms with E-state index in [9.17, 15) is 18.0 Å². The van der Waals surface area contributed by atoms with Gasteiger partial charge in [-0.05, 0) is 12.1 Å². The molecule has 0 aromatic heterocycles. The van der Waals surface area contributed by atoms with Crippen molar-refractivity contribution in [1.29, 1.82) is 0 Å². The molecule has 7 nitrogen and oxygen atoms in total. The maximum Gasteiger partial charge on any atom is 0.336 e. The molecular weight excluding hydrogens is 250 g/mol. The molecule has 0 fully saturated rings. The molecule has 1 aromatic carbocycles. The number of nitrogens with one attached hydrogen (secondary N) is 1. The first-order valence-electron chi connectivity index (χ1n) is 4.37. The molecule has 0 atom stereocenters. The fourth-order valence-electron chi connectivity index (χ4n) is 1.12. The SMILES string of the molecule is O=C(O)c1ccccc1C(=O)NCS(=O)(=O)O. The van der Waals surface area contributed by atoms with E-state index in [1.807, 2.05) is 5.32 Å². The lowest BCUT2D eigenvalue weighted by atomic mass is 10.1. The van der Waals surface area contributed by atoms with E-state index in [1.165, 1.54) is 24.3 Å². The smallest absolute Gasteiger partial charge is 0.336 e. The van der Waals surface area contributed by atoms with Gasteiger partial charge in [-0.15, -0.1) is 0 Å². The van der Waals surface area contributed by atoms with E-state index in [2.05, 4.69) is 0 Å². The molecule has 0 aliphatic heterocycles. The largest absolute Gasteiger partial charge is 0.478 e. The van der Waals surface area contributed by atoms with Crippen molar-refractivity contribution in [2.75, 3.05) is 5.88 Å². The molecule has 0 radical (unpaired) electrons. The molecule has 1 rings (SSSR count). The van der Waals surface area contributed by atoms with Gasteiger partial charge in [-0.25, -0.2) is 4.79 Å². The van der Waals surface area contributed by atoms with Crippen molar-refractivity contribution >= 4 is 22.0 Å². The Morgan fingerprint density at radius 3 is 2.18 bits per heavy atom. The predicted molar refractivity (Wildman–Crippen MR) is 57.3 cm³/mol. The minimum absolute atomic E-state index is 0.177. The number of amides is 1. The van der Waals surface area contributed by atoms with Crippen molar-refractivity contribution in [3.8, 4) is 0 Å². The molecule has 3 N–H and O–H groups in total. The molecule has 0 unspecified atom stereocenters. The molecule has 92 valence electrons. The fourth-order valence-corrected chi connectivity index (χ4v) is 1.43. The highest BCUT2D eigenvalue weighted by Crippen LogP contribution is 2.08. The first kappa shape index (κ1) is 13.1. The third kappa shape index (κ3) is 3.85. The van der Waals surface area contributed by atoms with Crippen LogP contribution in [0.4, 0.5) is 0 Å². The van der Waals surface area contributed by atoms with Gasteiger partial charge in [0, 0.05) is 0 Å². The van der Waals surface area contributed by atoms with Crippen LogP contribution < -0.4 is 5.32 Å². The van der Waals surface area contributed by atoms with Crippen LogP contribution in [0.2, 0.25) is 0 Å². The predicted octanol–water partition coefficient (Wildman–Crippen LogP) is -0.0401. The second-order valence-electron chi connectivity index (χ2n) is 3.08. The third-order valence-electron chi connectivity index (χ3n) is 1.82. The summed E-state index contributed by atoms with van der Waals surface area (Å²) in [5.74, 6) is -3.16. The zero-order valence-corrected chi connectivity index (χ0v) is 9.27. The zero-order valence-electron chi connectivity index (χ0n) is 8.45. The van der Waals surface area contributed by atoms with E-state index >= 15 is 0 Å². The Morgan fingerprint density at radius 2 is 1.71 bits per heavy atom. The number of carbonyl (C=O) groups is 2. The summed E-state index contributed by atoms with van der Waals surface area (Å²) in [4.78, 5) is 22.2. The highest BCUT2D eigenvalue weighted by molar-refractivity contribution is 7.85. The first-order chi connectivity index (χ1) is 7.81. The summed E-state index contributed by atoms with van der Waals surface area (Å²) in [7, 11) is -4.34. The first-order valence-corrected chi connectivity index (χ1v) is 5.98. The lowest BCUT2D eigenvalue weighted by Gasteiger charge is -2.05. The molecule has 0 spiro atoms. The lowest BCUT2D eigenvalue weighted by Crippen LogP contribution is -2.30. The Kier molecular flexibility index (Phi) is 3.81. The van der Waals surface area contributed by atoms with Gasteiger partial charge in [-0.3, -0.25) is 9.35 Å². The monoisotopic (exact) mass is 259 g/mol. The molecule has 1 aromatic rings. The van der Waals surface area contributed by atoms with E-state index in [4.69, 9.17) is 9.66 Å². The summed E-state index contributed by atoms with van der Waals surface area (Å²) < 4.78 is 29.3. The Balaban J connectivity index is 2.93. The maximum absolute atomic E-state index is 11.5. The van der Waals surface area contributed by atoms with Gasteiger partial charge in [0.2, 0.25) is 0 Å². The molecular formula is C9H9NO6S. The second-order valence-corrected chi connectivity index (χ2v) is 4.54. The van der Waals surface area contributed by atoms with Gasteiger partial charge in [-0.1, -0.05) is 12.1 Å². The number of carboxylic acids is 1. The molecule has 0 aliphatic carbocycles. The number of carboxylic acid groups (broad SMARTS) is 1. The van der Waals surface area contributed by atoms with Gasteiger partial charge in [0.1, 0.15) is 5.88 Å². The highest BCUT2D eigenvalue weighted by atomic mass is 32.2. The quantitative estimate of drug-likeness (QED) is 0.652. The van der Waals surface area contributed by atoms with Crippen molar-refractivity contribution in [1.82, 2.24) is 5.32 Å². The van der Waals surface area contributed by atoms with Gasteiger partial charge >= 0.3 is 5.97 Å². The third-order valence-corrected chi connectivity index (χ3v) is 2.33. The summed E-state index contributed by atoms with van der Waals surface area (Å²) in [5.41, 5.74) is -0.427. The van der Waals surface area contributed by atoms with Crippen LogP contribution in [-0.2, 0) is 10.1 Å². The molecule has 0 saturated heterocycles. The van der Waals surface area contributed by atoms with E-state index in [0.717, 1.165) is 0 Å². The fraction of sp³-hybridized carbons (Fsp3) is 0.111. The van der Waals surface area contributed by atoms with Crippen molar-refractivity contribution < 1.29 is 27.7 Å². The van der Waals surface area contributed by atoms with Crippen LogP contribution in [0.25, 0.3) is 0 Å². The zero-order chi connectivity index (χ0) is 13.1. The number of aromatic carboxylic acids is 1. The van der Waals surface area contributed by atoms with E-state index < -0.39 is 27.9 Å². The highest BCUT2D eigenvalue weighted by Gasteiger charge is 2.16. The number of benzene rings is 1. The van der Waals surface area contributed by atoms with Crippen LogP contribution in [0, 0.1) is 0 Å². The number of hydrogen-bond acceptors (Lipinski definition) is 4. The minimum atomic E-state index is -4.34. The molecule has 0 heterocycles. The summed E-state index contributed by atoms with van der Waals surface area (Å²) >= 11 is 0. The van der Waals surface area contributed by atoms with Gasteiger partial charge in [0.05, 0.1) is 11.1 Å². The van der Waals surface area contributed by atoms with Crippen molar-refractivity contribution in [2.45, 2.75) is 0 Å². The summed E-state index contributed by atoms with van der Waals surface area (Å²) in [6.07, 6.45) is 0. The Labute approximate surface area is 96.8 Å². The summed E-state index contributed by atoms with van der Waals surface area (Å²) in [6.45, 7) is 0. The van der Waals surface area contributed by atoms with E-state index in [0.29, 0.717) is 0 Å². The topological polar surface area (TPSA) is 121 Å².